The summed E-state index contributed by atoms with van der Waals surface area (Å²) in [6.45, 7) is 8.68. The SMILES string of the molecule is CCOCCOC(C)(CC)CN. The second kappa shape index (κ2) is 6.40. The van der Waals surface area contributed by atoms with Gasteiger partial charge in [0.1, 0.15) is 0 Å². The molecule has 0 aliphatic heterocycles. The fourth-order valence-electron chi connectivity index (χ4n) is 0.797. The lowest BCUT2D eigenvalue weighted by molar-refractivity contribution is -0.0519. The van der Waals surface area contributed by atoms with Crippen LogP contribution in [0.15, 0.2) is 0 Å². The minimum absolute atomic E-state index is 0.170. The van der Waals surface area contributed by atoms with Crippen LogP contribution in [-0.4, -0.2) is 32.0 Å². The van der Waals surface area contributed by atoms with Gasteiger partial charge in [-0.2, -0.15) is 0 Å². The van der Waals surface area contributed by atoms with E-state index in [4.69, 9.17) is 15.2 Å². The summed E-state index contributed by atoms with van der Waals surface area (Å²) in [6, 6.07) is 0. The third-order valence-corrected chi connectivity index (χ3v) is 2.06. The molecule has 0 bridgehead atoms. The summed E-state index contributed by atoms with van der Waals surface area (Å²) in [5.41, 5.74) is 5.40. The van der Waals surface area contributed by atoms with E-state index < -0.39 is 0 Å². The van der Waals surface area contributed by atoms with Gasteiger partial charge in [-0.05, 0) is 20.3 Å². The van der Waals surface area contributed by atoms with Crippen molar-refractivity contribution in [2.75, 3.05) is 26.4 Å². The predicted molar refractivity (Wildman–Crippen MR) is 50.2 cm³/mol. The molecule has 1 unspecified atom stereocenters. The molecule has 74 valence electrons. The van der Waals surface area contributed by atoms with Crippen molar-refractivity contribution in [3.05, 3.63) is 0 Å². The molecule has 2 N–H and O–H groups in total. The van der Waals surface area contributed by atoms with Crippen molar-refractivity contribution in [2.45, 2.75) is 32.8 Å². The fraction of sp³-hybridized carbons (Fsp3) is 1.00. The van der Waals surface area contributed by atoms with Crippen LogP contribution < -0.4 is 5.73 Å². The lowest BCUT2D eigenvalue weighted by Crippen LogP contribution is -2.37. The van der Waals surface area contributed by atoms with Crippen LogP contribution in [0.2, 0.25) is 0 Å². The average Bonchev–Trinajstić information content (AvgIpc) is 2.12. The molecule has 0 saturated carbocycles. The number of ether oxygens (including phenoxy) is 2. The first-order valence-corrected chi connectivity index (χ1v) is 4.60. The molecular weight excluding hydrogens is 154 g/mol. The molecule has 0 aliphatic carbocycles. The van der Waals surface area contributed by atoms with Crippen molar-refractivity contribution in [3.8, 4) is 0 Å². The summed E-state index contributed by atoms with van der Waals surface area (Å²) in [5.74, 6) is 0. The lowest BCUT2D eigenvalue weighted by atomic mass is 10.0. The van der Waals surface area contributed by atoms with E-state index in [2.05, 4.69) is 6.92 Å². The minimum atomic E-state index is -0.170. The van der Waals surface area contributed by atoms with Crippen LogP contribution >= 0.6 is 0 Å². The first kappa shape index (κ1) is 11.9. The van der Waals surface area contributed by atoms with Gasteiger partial charge >= 0.3 is 0 Å². The van der Waals surface area contributed by atoms with Gasteiger partial charge in [-0.1, -0.05) is 6.92 Å². The quantitative estimate of drug-likeness (QED) is 0.591. The van der Waals surface area contributed by atoms with E-state index in [0.717, 1.165) is 13.0 Å². The van der Waals surface area contributed by atoms with Crippen molar-refractivity contribution < 1.29 is 9.47 Å². The molecule has 0 aromatic carbocycles. The molecule has 0 fully saturated rings. The molecule has 0 rings (SSSR count). The van der Waals surface area contributed by atoms with Crippen molar-refractivity contribution >= 4 is 0 Å². The molecule has 0 spiro atoms. The van der Waals surface area contributed by atoms with Gasteiger partial charge in [-0.25, -0.2) is 0 Å². The summed E-state index contributed by atoms with van der Waals surface area (Å²) in [5, 5.41) is 0. The zero-order valence-corrected chi connectivity index (χ0v) is 8.43. The van der Waals surface area contributed by atoms with Crippen LogP contribution in [0.3, 0.4) is 0 Å². The van der Waals surface area contributed by atoms with Crippen molar-refractivity contribution in [2.24, 2.45) is 5.73 Å². The normalized spacial score (nSPS) is 16.0. The second-order valence-electron chi connectivity index (χ2n) is 3.05. The van der Waals surface area contributed by atoms with Gasteiger partial charge in [-0.15, -0.1) is 0 Å². The Hall–Kier alpha value is -0.120. The Kier molecular flexibility index (Phi) is 6.34. The Balaban J connectivity index is 3.45. The standard InChI is InChI=1S/C9H21NO2/c1-4-9(3,8-10)12-7-6-11-5-2/h4-8,10H2,1-3H3. The highest BCUT2D eigenvalue weighted by Gasteiger charge is 2.19. The molecule has 0 aromatic heterocycles. The number of hydrogen-bond acceptors (Lipinski definition) is 3. The summed E-state index contributed by atoms with van der Waals surface area (Å²) in [7, 11) is 0. The van der Waals surface area contributed by atoms with Crippen LogP contribution in [0, 0.1) is 0 Å². The van der Waals surface area contributed by atoms with Gasteiger partial charge in [0.15, 0.2) is 0 Å². The highest BCUT2D eigenvalue weighted by atomic mass is 16.5. The van der Waals surface area contributed by atoms with Gasteiger partial charge in [0.2, 0.25) is 0 Å². The van der Waals surface area contributed by atoms with E-state index in [1.54, 1.807) is 0 Å². The van der Waals surface area contributed by atoms with E-state index in [-0.39, 0.29) is 5.60 Å². The minimum Gasteiger partial charge on any atom is -0.379 e. The number of nitrogens with two attached hydrogens (primary N) is 1. The highest BCUT2D eigenvalue weighted by molar-refractivity contribution is 4.73. The van der Waals surface area contributed by atoms with Crippen molar-refractivity contribution in [3.63, 3.8) is 0 Å². The zero-order chi connectivity index (χ0) is 9.45. The Morgan fingerprint density at radius 2 is 1.92 bits per heavy atom. The van der Waals surface area contributed by atoms with Gasteiger partial charge < -0.3 is 15.2 Å². The number of hydrogen-bond donors (Lipinski definition) is 1. The average molecular weight is 175 g/mol. The Bertz CT molecular complexity index is 103. The monoisotopic (exact) mass is 175 g/mol. The van der Waals surface area contributed by atoms with Gasteiger partial charge in [0.05, 0.1) is 18.8 Å². The summed E-state index contributed by atoms with van der Waals surface area (Å²) < 4.78 is 10.7. The van der Waals surface area contributed by atoms with Crippen LogP contribution in [-0.2, 0) is 9.47 Å². The molecule has 12 heavy (non-hydrogen) atoms. The van der Waals surface area contributed by atoms with Gasteiger partial charge in [-0.3, -0.25) is 0 Å². The van der Waals surface area contributed by atoms with Crippen LogP contribution in [0.5, 0.6) is 0 Å². The molecule has 3 heteroatoms. The largest absolute Gasteiger partial charge is 0.379 e. The zero-order valence-electron chi connectivity index (χ0n) is 8.43. The maximum atomic E-state index is 5.58. The number of rotatable bonds is 7. The second-order valence-corrected chi connectivity index (χ2v) is 3.05. The van der Waals surface area contributed by atoms with Gasteiger partial charge in [0.25, 0.3) is 0 Å². The molecular formula is C9H21NO2. The third-order valence-electron chi connectivity index (χ3n) is 2.06. The summed E-state index contributed by atoms with van der Waals surface area (Å²) in [4.78, 5) is 0. The van der Waals surface area contributed by atoms with E-state index in [9.17, 15) is 0 Å². The Morgan fingerprint density at radius 1 is 1.25 bits per heavy atom. The highest BCUT2D eigenvalue weighted by Crippen LogP contribution is 2.12. The Labute approximate surface area is 75.2 Å². The summed E-state index contributed by atoms with van der Waals surface area (Å²) in [6.07, 6.45) is 0.940. The molecule has 3 nitrogen and oxygen atoms in total. The molecule has 0 saturated heterocycles. The molecule has 0 amide bonds. The first-order valence-electron chi connectivity index (χ1n) is 4.60. The van der Waals surface area contributed by atoms with Crippen LogP contribution in [0.1, 0.15) is 27.2 Å². The summed E-state index contributed by atoms with van der Waals surface area (Å²) >= 11 is 0. The fourth-order valence-corrected chi connectivity index (χ4v) is 0.797. The van der Waals surface area contributed by atoms with Crippen molar-refractivity contribution in [1.29, 1.82) is 0 Å². The predicted octanol–water partition coefficient (Wildman–Crippen LogP) is 1.17. The van der Waals surface area contributed by atoms with E-state index in [0.29, 0.717) is 19.8 Å². The molecule has 0 aromatic rings. The third kappa shape index (κ3) is 4.70. The molecule has 0 radical (unpaired) electrons. The maximum Gasteiger partial charge on any atom is 0.0774 e. The topological polar surface area (TPSA) is 44.5 Å². The van der Waals surface area contributed by atoms with Crippen LogP contribution in [0.25, 0.3) is 0 Å². The smallest absolute Gasteiger partial charge is 0.0774 e. The Morgan fingerprint density at radius 3 is 2.33 bits per heavy atom. The first-order chi connectivity index (χ1) is 5.68. The van der Waals surface area contributed by atoms with E-state index in [1.165, 1.54) is 0 Å². The van der Waals surface area contributed by atoms with E-state index in [1.807, 2.05) is 13.8 Å². The maximum absolute atomic E-state index is 5.58. The van der Waals surface area contributed by atoms with Gasteiger partial charge in [0, 0.05) is 13.2 Å². The molecule has 0 heterocycles. The van der Waals surface area contributed by atoms with Crippen molar-refractivity contribution in [1.82, 2.24) is 0 Å². The van der Waals surface area contributed by atoms with E-state index >= 15 is 0 Å². The molecule has 0 aliphatic rings. The lowest BCUT2D eigenvalue weighted by Gasteiger charge is -2.26. The van der Waals surface area contributed by atoms with Crippen LogP contribution in [0.4, 0.5) is 0 Å². The molecule has 1 atom stereocenters.